The lowest BCUT2D eigenvalue weighted by Crippen LogP contribution is -2.31. The van der Waals surface area contributed by atoms with Crippen LogP contribution >= 0.6 is 7.60 Å². The van der Waals surface area contributed by atoms with Crippen LogP contribution in [0.2, 0.25) is 0 Å². The maximum atomic E-state index is 13.8. The van der Waals surface area contributed by atoms with Crippen LogP contribution in [0.1, 0.15) is 36.1 Å². The SMILES string of the molecule is CN1C(=O)N(c2ccc(F)cc2)[C@H](c2ccc(-c3ccc(P(=O)(O)O)cc3)cc2O)[C@@H]1CC[C@H](O)c1ccc(F)cc1. The van der Waals surface area contributed by atoms with E-state index in [1.54, 1.807) is 31.3 Å². The lowest BCUT2D eigenvalue weighted by molar-refractivity contribution is 0.148. The summed E-state index contributed by atoms with van der Waals surface area (Å²) in [7, 11) is -2.78. The van der Waals surface area contributed by atoms with E-state index in [2.05, 4.69) is 0 Å². The van der Waals surface area contributed by atoms with Crippen molar-refractivity contribution in [2.45, 2.75) is 31.0 Å². The van der Waals surface area contributed by atoms with Crippen LogP contribution in [0, 0.1) is 11.6 Å². The maximum Gasteiger partial charge on any atom is 0.356 e. The summed E-state index contributed by atoms with van der Waals surface area (Å²) in [6, 6.07) is 20.1. The first-order valence-electron chi connectivity index (χ1n) is 13.2. The molecule has 0 spiro atoms. The number of phenols is 1. The van der Waals surface area contributed by atoms with Crippen LogP contribution in [0.3, 0.4) is 0 Å². The van der Waals surface area contributed by atoms with Crippen molar-refractivity contribution in [3.8, 4) is 16.9 Å². The highest BCUT2D eigenvalue weighted by Gasteiger charge is 2.46. The molecule has 1 aliphatic rings. The molecule has 42 heavy (non-hydrogen) atoms. The van der Waals surface area contributed by atoms with E-state index in [0.717, 1.165) is 0 Å². The molecule has 4 N–H and O–H groups in total. The Morgan fingerprint density at radius 1 is 0.857 bits per heavy atom. The summed E-state index contributed by atoms with van der Waals surface area (Å²) in [5.41, 5.74) is 2.59. The Labute approximate surface area is 241 Å². The summed E-state index contributed by atoms with van der Waals surface area (Å²) in [5.74, 6) is -0.999. The quantitative estimate of drug-likeness (QED) is 0.196. The Balaban J connectivity index is 1.49. The van der Waals surface area contributed by atoms with Gasteiger partial charge in [-0.3, -0.25) is 9.46 Å². The average Bonchev–Trinajstić information content (AvgIpc) is 3.21. The average molecular weight is 595 g/mol. The third kappa shape index (κ3) is 5.93. The number of nitrogens with zero attached hydrogens (tertiary/aromatic N) is 2. The van der Waals surface area contributed by atoms with Crippen LogP contribution in [0.15, 0.2) is 91.0 Å². The number of anilines is 1. The van der Waals surface area contributed by atoms with Gasteiger partial charge in [-0.1, -0.05) is 36.4 Å². The van der Waals surface area contributed by atoms with Gasteiger partial charge in [0.2, 0.25) is 0 Å². The van der Waals surface area contributed by atoms with E-state index < -0.39 is 37.4 Å². The first kappa shape index (κ1) is 29.4. The van der Waals surface area contributed by atoms with Gasteiger partial charge < -0.3 is 24.9 Å². The summed E-state index contributed by atoms with van der Waals surface area (Å²) in [4.78, 5) is 35.4. The molecule has 0 saturated carbocycles. The molecule has 0 aromatic heterocycles. The van der Waals surface area contributed by atoms with E-state index in [0.29, 0.717) is 34.4 Å². The van der Waals surface area contributed by atoms with Gasteiger partial charge in [-0.15, -0.1) is 0 Å². The van der Waals surface area contributed by atoms with Crippen LogP contribution in [0.5, 0.6) is 5.75 Å². The summed E-state index contributed by atoms with van der Waals surface area (Å²) in [6.45, 7) is 0. The molecule has 5 rings (SSSR count). The van der Waals surface area contributed by atoms with Crippen LogP contribution in [-0.2, 0) is 4.57 Å². The number of benzene rings is 4. The molecule has 8 nitrogen and oxygen atoms in total. The zero-order valence-corrected chi connectivity index (χ0v) is 23.4. The van der Waals surface area contributed by atoms with Crippen molar-refractivity contribution >= 4 is 24.6 Å². The van der Waals surface area contributed by atoms with E-state index in [9.17, 15) is 38.1 Å². The van der Waals surface area contributed by atoms with E-state index in [1.807, 2.05) is 0 Å². The van der Waals surface area contributed by atoms with Crippen molar-refractivity contribution in [1.29, 1.82) is 0 Å². The monoisotopic (exact) mass is 594 g/mol. The van der Waals surface area contributed by atoms with E-state index in [-0.39, 0.29) is 23.5 Å². The number of aliphatic hydroxyl groups is 1. The van der Waals surface area contributed by atoms with Gasteiger partial charge >= 0.3 is 13.6 Å². The predicted molar refractivity (Wildman–Crippen MR) is 154 cm³/mol. The Kier molecular flexibility index (Phi) is 8.17. The Morgan fingerprint density at radius 3 is 2.00 bits per heavy atom. The van der Waals surface area contributed by atoms with Gasteiger partial charge in [-0.25, -0.2) is 13.6 Å². The zero-order chi connectivity index (χ0) is 30.2. The molecule has 0 bridgehead atoms. The molecular weight excluding hydrogens is 565 g/mol. The van der Waals surface area contributed by atoms with E-state index >= 15 is 0 Å². The lowest BCUT2D eigenvalue weighted by Gasteiger charge is -2.29. The topological polar surface area (TPSA) is 122 Å². The van der Waals surface area contributed by atoms with Gasteiger partial charge in [0.05, 0.1) is 23.5 Å². The molecule has 2 amide bonds. The summed E-state index contributed by atoms with van der Waals surface area (Å²) in [5, 5.41) is 21.9. The van der Waals surface area contributed by atoms with Crippen molar-refractivity contribution in [2.75, 3.05) is 11.9 Å². The second kappa shape index (κ2) is 11.7. The minimum Gasteiger partial charge on any atom is -0.508 e. The molecule has 0 aliphatic carbocycles. The number of hydrogen-bond acceptors (Lipinski definition) is 4. The lowest BCUT2D eigenvalue weighted by atomic mass is 9.91. The summed E-state index contributed by atoms with van der Waals surface area (Å²) < 4.78 is 38.7. The molecule has 4 aromatic carbocycles. The zero-order valence-electron chi connectivity index (χ0n) is 22.5. The van der Waals surface area contributed by atoms with E-state index in [1.165, 1.54) is 76.5 Å². The standard InChI is InChI=1S/C31H29F2N2O6P/c1-34-27(16-17-28(36)20-2-7-22(32)8-3-20)30(35(31(34)38)24-11-9-23(33)10-12-24)26-15-6-21(18-29(26)37)19-4-13-25(14-5-19)42(39,40)41/h2-15,18,27-28,30,36-37H,16-17H2,1H3,(H2,39,40,41)/t27-,28-,30+/m0/s1. The highest BCUT2D eigenvalue weighted by atomic mass is 31.2. The molecule has 218 valence electrons. The second-order valence-electron chi connectivity index (χ2n) is 10.3. The molecule has 0 unspecified atom stereocenters. The number of carbonyl (C=O) groups is 1. The first-order chi connectivity index (χ1) is 19.9. The molecule has 1 heterocycles. The van der Waals surface area contributed by atoms with Crippen LogP contribution in [0.4, 0.5) is 19.3 Å². The maximum absolute atomic E-state index is 13.8. The third-order valence-electron chi connectivity index (χ3n) is 7.63. The Hall–Kier alpha value is -4.08. The number of amides is 2. The molecule has 0 radical (unpaired) electrons. The van der Waals surface area contributed by atoms with Crippen molar-refractivity contribution < 1.29 is 38.1 Å². The Morgan fingerprint density at radius 2 is 1.43 bits per heavy atom. The van der Waals surface area contributed by atoms with Crippen LogP contribution in [-0.4, -0.2) is 44.0 Å². The normalized spacial score (nSPS) is 18.0. The molecule has 1 aliphatic heterocycles. The fourth-order valence-electron chi connectivity index (χ4n) is 5.39. The highest BCUT2D eigenvalue weighted by molar-refractivity contribution is 7.60. The molecule has 1 saturated heterocycles. The van der Waals surface area contributed by atoms with E-state index in [4.69, 9.17) is 0 Å². The van der Waals surface area contributed by atoms with Gasteiger partial charge in [0.15, 0.2) is 0 Å². The number of likely N-dealkylation sites (N-methyl/N-ethyl adjacent to an activating group) is 1. The Bertz CT molecular complexity index is 1630. The fourth-order valence-corrected chi connectivity index (χ4v) is 5.92. The van der Waals surface area contributed by atoms with Crippen LogP contribution < -0.4 is 10.2 Å². The minimum absolute atomic E-state index is 0.115. The first-order valence-corrected chi connectivity index (χ1v) is 14.8. The number of aliphatic hydroxyl groups excluding tert-OH is 1. The smallest absolute Gasteiger partial charge is 0.356 e. The van der Waals surface area contributed by atoms with Crippen LogP contribution in [0.25, 0.3) is 11.1 Å². The predicted octanol–water partition coefficient (Wildman–Crippen LogP) is 5.64. The largest absolute Gasteiger partial charge is 0.508 e. The van der Waals surface area contributed by atoms with Gasteiger partial charge in [-0.2, -0.15) is 0 Å². The number of halogens is 2. The molecular formula is C31H29F2N2O6P. The minimum atomic E-state index is -4.40. The number of rotatable bonds is 8. The highest BCUT2D eigenvalue weighted by Crippen LogP contribution is 2.44. The van der Waals surface area contributed by atoms with Crippen molar-refractivity contribution in [3.63, 3.8) is 0 Å². The van der Waals surface area contributed by atoms with Gasteiger partial charge in [0.1, 0.15) is 17.4 Å². The summed E-state index contributed by atoms with van der Waals surface area (Å²) in [6.07, 6.45) is -0.345. The summed E-state index contributed by atoms with van der Waals surface area (Å²) >= 11 is 0. The molecule has 3 atom stereocenters. The molecule has 1 fully saturated rings. The van der Waals surface area contributed by atoms with Gasteiger partial charge in [-0.05, 0) is 84.1 Å². The van der Waals surface area contributed by atoms with Crippen molar-refractivity contribution in [3.05, 3.63) is 114 Å². The second-order valence-corrected chi connectivity index (χ2v) is 11.9. The number of carbonyl (C=O) groups excluding carboxylic acids is 1. The fraction of sp³-hybridized carbons (Fsp3) is 0.194. The number of hydrogen-bond donors (Lipinski definition) is 4. The number of phenolic OH excluding ortho intramolecular Hbond substituents is 1. The molecule has 11 heteroatoms. The van der Waals surface area contributed by atoms with Gasteiger partial charge in [0.25, 0.3) is 0 Å². The van der Waals surface area contributed by atoms with Crippen molar-refractivity contribution in [1.82, 2.24) is 4.90 Å². The van der Waals surface area contributed by atoms with Gasteiger partial charge in [0, 0.05) is 18.3 Å². The van der Waals surface area contributed by atoms with Crippen molar-refractivity contribution in [2.24, 2.45) is 0 Å². The number of urea groups is 1. The number of aromatic hydroxyl groups is 1. The molecule has 4 aromatic rings. The third-order valence-corrected chi connectivity index (χ3v) is 8.60.